The minimum atomic E-state index is -3.52. The highest BCUT2D eigenvalue weighted by molar-refractivity contribution is 7.89. The lowest BCUT2D eigenvalue weighted by molar-refractivity contribution is 0.445. The van der Waals surface area contributed by atoms with Gasteiger partial charge in [0, 0.05) is 29.9 Å². The van der Waals surface area contributed by atoms with Crippen LogP contribution in [-0.4, -0.2) is 36.5 Å². The van der Waals surface area contributed by atoms with Gasteiger partial charge in [-0.25, -0.2) is 13.4 Å². The predicted octanol–water partition coefficient (Wildman–Crippen LogP) is 4.26. The number of rotatable bonds is 7. The summed E-state index contributed by atoms with van der Waals surface area (Å²) in [6.45, 7) is 6.20. The topological polar surface area (TPSA) is 74.7 Å². The molecule has 0 aliphatic carbocycles. The lowest BCUT2D eigenvalue weighted by Gasteiger charge is -2.18. The molecular formula is C17H20Cl2N4O2S. The van der Waals surface area contributed by atoms with Crippen LogP contribution in [0.3, 0.4) is 0 Å². The van der Waals surface area contributed by atoms with Crippen molar-refractivity contribution in [1.82, 2.24) is 9.29 Å². The van der Waals surface area contributed by atoms with E-state index < -0.39 is 10.0 Å². The Labute approximate surface area is 163 Å². The number of sulfonamides is 1. The van der Waals surface area contributed by atoms with E-state index in [2.05, 4.69) is 15.5 Å². The summed E-state index contributed by atoms with van der Waals surface area (Å²) in [4.78, 5) is 4.27. The van der Waals surface area contributed by atoms with Gasteiger partial charge in [-0.3, -0.25) is 5.43 Å². The molecule has 0 atom stereocenters. The Bertz CT molecular complexity index is 895. The first-order chi connectivity index (χ1) is 12.3. The van der Waals surface area contributed by atoms with Crippen LogP contribution in [0.2, 0.25) is 10.0 Å². The second-order valence-corrected chi connectivity index (χ2v) is 8.18. The maximum absolute atomic E-state index is 12.4. The molecule has 0 bridgehead atoms. The second kappa shape index (κ2) is 8.81. The molecule has 1 aromatic carbocycles. The van der Waals surface area contributed by atoms with Crippen molar-refractivity contribution < 1.29 is 8.42 Å². The van der Waals surface area contributed by atoms with Crippen molar-refractivity contribution in [2.45, 2.75) is 25.7 Å². The first kappa shape index (κ1) is 20.6. The molecule has 0 saturated carbocycles. The standard InChI is InChI=1S/C17H20Cl2N4O2S/c1-4-23(5-2)26(24,25)14-7-9-17(20-11-14)22-21-12(3)15-8-6-13(18)10-16(15)19/h6-11H,4-5H2,1-3H3,(H,20,22)/b21-12-. The average Bonchev–Trinajstić information content (AvgIpc) is 2.61. The molecule has 0 unspecified atom stereocenters. The first-order valence-electron chi connectivity index (χ1n) is 8.01. The molecule has 0 amide bonds. The summed E-state index contributed by atoms with van der Waals surface area (Å²) in [7, 11) is -3.52. The van der Waals surface area contributed by atoms with Gasteiger partial charge >= 0.3 is 0 Å². The summed E-state index contributed by atoms with van der Waals surface area (Å²) in [5, 5.41) is 5.27. The van der Waals surface area contributed by atoms with E-state index in [4.69, 9.17) is 23.2 Å². The molecule has 1 aromatic heterocycles. The highest BCUT2D eigenvalue weighted by Crippen LogP contribution is 2.22. The van der Waals surface area contributed by atoms with Gasteiger partial charge in [0.15, 0.2) is 0 Å². The normalized spacial score (nSPS) is 12.5. The van der Waals surface area contributed by atoms with Crippen LogP contribution in [-0.2, 0) is 10.0 Å². The molecule has 0 spiro atoms. The van der Waals surface area contributed by atoms with Crippen LogP contribution in [0.25, 0.3) is 0 Å². The zero-order chi connectivity index (χ0) is 19.3. The summed E-state index contributed by atoms with van der Waals surface area (Å²) >= 11 is 12.0. The molecule has 0 saturated heterocycles. The molecule has 0 fully saturated rings. The minimum absolute atomic E-state index is 0.146. The Balaban J connectivity index is 2.17. The van der Waals surface area contributed by atoms with Gasteiger partial charge < -0.3 is 0 Å². The van der Waals surface area contributed by atoms with Gasteiger partial charge in [0.1, 0.15) is 10.7 Å². The second-order valence-electron chi connectivity index (χ2n) is 5.40. The number of pyridine rings is 1. The number of anilines is 1. The van der Waals surface area contributed by atoms with E-state index in [1.54, 1.807) is 45.0 Å². The number of nitrogens with zero attached hydrogens (tertiary/aromatic N) is 3. The van der Waals surface area contributed by atoms with Crippen LogP contribution < -0.4 is 5.43 Å². The molecule has 6 nitrogen and oxygen atoms in total. The van der Waals surface area contributed by atoms with Gasteiger partial charge in [0.05, 0.1) is 10.7 Å². The Morgan fingerprint density at radius 3 is 2.42 bits per heavy atom. The van der Waals surface area contributed by atoms with Crippen molar-refractivity contribution in [3.63, 3.8) is 0 Å². The quantitative estimate of drug-likeness (QED) is 0.542. The van der Waals surface area contributed by atoms with Crippen molar-refractivity contribution in [2.24, 2.45) is 5.10 Å². The van der Waals surface area contributed by atoms with E-state index in [-0.39, 0.29) is 4.90 Å². The fraction of sp³-hybridized carbons (Fsp3) is 0.294. The number of halogens is 2. The molecule has 1 heterocycles. The summed E-state index contributed by atoms with van der Waals surface area (Å²) in [5.41, 5.74) is 4.18. The van der Waals surface area contributed by atoms with Crippen molar-refractivity contribution in [3.8, 4) is 0 Å². The number of nitrogens with one attached hydrogen (secondary N) is 1. The van der Waals surface area contributed by atoms with Crippen molar-refractivity contribution >= 4 is 44.8 Å². The van der Waals surface area contributed by atoms with Crippen molar-refractivity contribution in [2.75, 3.05) is 18.5 Å². The van der Waals surface area contributed by atoms with E-state index in [1.807, 2.05) is 0 Å². The van der Waals surface area contributed by atoms with Gasteiger partial charge in [0.2, 0.25) is 10.0 Å². The average molecular weight is 415 g/mol. The molecule has 26 heavy (non-hydrogen) atoms. The van der Waals surface area contributed by atoms with Crippen LogP contribution in [0.1, 0.15) is 26.3 Å². The molecule has 2 aromatic rings. The fourth-order valence-corrected chi connectivity index (χ4v) is 4.25. The molecule has 0 radical (unpaired) electrons. The highest BCUT2D eigenvalue weighted by Gasteiger charge is 2.21. The van der Waals surface area contributed by atoms with E-state index in [0.29, 0.717) is 34.7 Å². The summed E-state index contributed by atoms with van der Waals surface area (Å²) < 4.78 is 26.2. The van der Waals surface area contributed by atoms with E-state index >= 15 is 0 Å². The van der Waals surface area contributed by atoms with Crippen LogP contribution >= 0.6 is 23.2 Å². The third-order valence-corrected chi connectivity index (χ3v) is 6.32. The number of hydrogen-bond donors (Lipinski definition) is 1. The monoisotopic (exact) mass is 414 g/mol. The third-order valence-electron chi connectivity index (χ3n) is 3.74. The van der Waals surface area contributed by atoms with Gasteiger partial charge in [0.25, 0.3) is 0 Å². The van der Waals surface area contributed by atoms with Gasteiger partial charge in [-0.1, -0.05) is 43.1 Å². The summed E-state index contributed by atoms with van der Waals surface area (Å²) in [5.74, 6) is 0.424. The maximum atomic E-state index is 12.4. The minimum Gasteiger partial charge on any atom is -0.261 e. The van der Waals surface area contributed by atoms with Crippen LogP contribution in [0.5, 0.6) is 0 Å². The van der Waals surface area contributed by atoms with E-state index in [9.17, 15) is 8.42 Å². The Hall–Kier alpha value is -1.67. The van der Waals surface area contributed by atoms with Gasteiger partial charge in [-0.05, 0) is 31.2 Å². The molecule has 140 valence electrons. The molecule has 0 aliphatic heterocycles. The SMILES string of the molecule is CCN(CC)S(=O)(=O)c1ccc(N/N=C(/C)c2ccc(Cl)cc2Cl)nc1. The zero-order valence-corrected chi connectivity index (χ0v) is 17.0. The van der Waals surface area contributed by atoms with E-state index in [0.717, 1.165) is 5.56 Å². The number of hydrogen-bond acceptors (Lipinski definition) is 5. The largest absolute Gasteiger partial charge is 0.261 e. The lowest BCUT2D eigenvalue weighted by atomic mass is 10.1. The maximum Gasteiger partial charge on any atom is 0.244 e. The molecule has 9 heteroatoms. The smallest absolute Gasteiger partial charge is 0.244 e. The molecule has 2 rings (SSSR count). The summed E-state index contributed by atoms with van der Waals surface area (Å²) in [6.07, 6.45) is 1.32. The van der Waals surface area contributed by atoms with Crippen LogP contribution in [0.4, 0.5) is 5.82 Å². The van der Waals surface area contributed by atoms with E-state index in [1.165, 1.54) is 16.6 Å². The number of benzene rings is 1. The fourth-order valence-electron chi connectivity index (χ4n) is 2.30. The van der Waals surface area contributed by atoms with Gasteiger partial charge in [-0.2, -0.15) is 9.41 Å². The van der Waals surface area contributed by atoms with Crippen LogP contribution in [0.15, 0.2) is 46.5 Å². The lowest BCUT2D eigenvalue weighted by Crippen LogP contribution is -2.30. The Morgan fingerprint density at radius 1 is 1.19 bits per heavy atom. The molecular weight excluding hydrogens is 395 g/mol. The molecule has 0 aliphatic rings. The Kier molecular flexibility index (Phi) is 7.00. The number of hydrazone groups is 1. The highest BCUT2D eigenvalue weighted by atomic mass is 35.5. The van der Waals surface area contributed by atoms with Gasteiger partial charge in [-0.15, -0.1) is 0 Å². The van der Waals surface area contributed by atoms with Crippen molar-refractivity contribution in [3.05, 3.63) is 52.1 Å². The predicted molar refractivity (Wildman–Crippen MR) is 107 cm³/mol. The molecule has 1 N–H and O–H groups in total. The van der Waals surface area contributed by atoms with Crippen molar-refractivity contribution in [1.29, 1.82) is 0 Å². The number of aromatic nitrogens is 1. The third kappa shape index (κ3) is 4.73. The summed E-state index contributed by atoms with van der Waals surface area (Å²) in [6, 6.07) is 8.22. The first-order valence-corrected chi connectivity index (χ1v) is 10.2. The van der Waals surface area contributed by atoms with Crippen LogP contribution in [0, 0.1) is 0 Å². The Morgan fingerprint density at radius 2 is 1.88 bits per heavy atom. The zero-order valence-electron chi connectivity index (χ0n) is 14.7.